The molecule has 1 aliphatic carbocycles. The van der Waals surface area contributed by atoms with Crippen LogP contribution in [-0.2, 0) is 24.4 Å². The van der Waals surface area contributed by atoms with E-state index in [9.17, 15) is 22.8 Å². The number of rotatable bonds is 7. The number of carbonyl (C=O) groups is 2. The quantitative estimate of drug-likeness (QED) is 0.236. The molecule has 4 fully saturated rings. The van der Waals surface area contributed by atoms with E-state index in [0.29, 0.717) is 62.0 Å². The molecule has 3 aromatic heterocycles. The number of halogens is 3. The molecule has 1 atom stereocenters. The molecule has 15 nitrogen and oxygen atoms in total. The summed E-state index contributed by atoms with van der Waals surface area (Å²) in [5.74, 6) is -0.215. The van der Waals surface area contributed by atoms with Crippen molar-refractivity contribution in [3.05, 3.63) is 72.1 Å². The number of nitrogens with two attached hydrogens (primary N) is 3. The molecule has 3 saturated heterocycles. The molecule has 1 unspecified atom stereocenters. The van der Waals surface area contributed by atoms with Crippen molar-refractivity contribution >= 4 is 29.1 Å². The van der Waals surface area contributed by atoms with E-state index in [4.69, 9.17) is 22.3 Å². The standard InChI is InChI=1S/C13H20N4.C11H15F3N4.C11H14N4O3/c14-11-3-4-15-12(9-11)10-16-5-7-17(8-6-16)13-1-2-13;12-11(13,14)10-7-18(4-3-17-10)6-9-5-8(15)1-2-16-9;12-8-1-2-13-9(5-8)6-14-3-4-15(11(17)18)7-10(14)16/h3-4,9,13H,1-2,5-8,10H2,(H2,14,15);1-2,5,10,17H,3-4,6-7H2,(H2,15,16);1-2,5H,3-4,6-7H2,(H2,12,13)(H,17,18). The number of anilines is 3. The Balaban J connectivity index is 0.000000153. The number of hydrogen-bond acceptors (Lipinski definition) is 12. The maximum atomic E-state index is 12.6. The molecule has 4 aliphatic rings. The minimum Gasteiger partial charge on any atom is -0.465 e. The molecule has 8 N–H and O–H groups in total. The van der Waals surface area contributed by atoms with Crippen LogP contribution in [0.5, 0.6) is 0 Å². The molecular weight excluding hydrogens is 693 g/mol. The number of carboxylic acid groups (broad SMARTS) is 1. The first-order valence-electron chi connectivity index (χ1n) is 17.7. The van der Waals surface area contributed by atoms with Crippen molar-refractivity contribution < 1.29 is 27.9 Å². The van der Waals surface area contributed by atoms with Crippen LogP contribution < -0.4 is 22.5 Å². The van der Waals surface area contributed by atoms with Crippen LogP contribution in [0.15, 0.2) is 55.0 Å². The monoisotopic (exact) mass is 742 g/mol. The number of alkyl halides is 3. The van der Waals surface area contributed by atoms with Gasteiger partial charge < -0.3 is 32.5 Å². The lowest BCUT2D eigenvalue weighted by molar-refractivity contribution is -0.165. The van der Waals surface area contributed by atoms with E-state index in [1.165, 1.54) is 25.9 Å². The number of hydrogen-bond donors (Lipinski definition) is 5. The SMILES string of the molecule is Nc1ccnc(CN2CCN(C(=O)O)CC2=O)c1.Nc1ccnc(CN2CCN(C3CC3)CC2)c1.Nc1ccnc(CN2CCNC(C(F)(F)F)C2)c1. The van der Waals surface area contributed by atoms with Gasteiger partial charge >= 0.3 is 12.3 Å². The number of nitrogens with zero attached hydrogens (tertiary/aromatic N) is 8. The largest absolute Gasteiger partial charge is 0.465 e. The van der Waals surface area contributed by atoms with E-state index in [0.717, 1.165) is 42.0 Å². The number of amides is 2. The zero-order valence-corrected chi connectivity index (χ0v) is 29.7. The molecule has 288 valence electrons. The van der Waals surface area contributed by atoms with Gasteiger partial charge in [0.05, 0.1) is 23.6 Å². The van der Waals surface area contributed by atoms with Gasteiger partial charge in [0.1, 0.15) is 12.6 Å². The summed E-state index contributed by atoms with van der Waals surface area (Å²) in [5.41, 5.74) is 21.5. The molecule has 53 heavy (non-hydrogen) atoms. The zero-order valence-electron chi connectivity index (χ0n) is 29.7. The highest BCUT2D eigenvalue weighted by Gasteiger charge is 2.42. The third-order valence-electron chi connectivity index (χ3n) is 9.36. The Morgan fingerprint density at radius 3 is 1.77 bits per heavy atom. The van der Waals surface area contributed by atoms with Crippen LogP contribution in [0, 0.1) is 0 Å². The molecule has 18 heteroatoms. The summed E-state index contributed by atoms with van der Waals surface area (Å²) in [6.07, 6.45) is 2.50. The average Bonchev–Trinajstić information content (AvgIpc) is 3.96. The lowest BCUT2D eigenvalue weighted by Gasteiger charge is -2.34. The van der Waals surface area contributed by atoms with Crippen LogP contribution >= 0.6 is 0 Å². The first-order chi connectivity index (χ1) is 25.3. The zero-order chi connectivity index (χ0) is 38.0. The van der Waals surface area contributed by atoms with Gasteiger partial charge in [-0.05, 0) is 49.2 Å². The van der Waals surface area contributed by atoms with Crippen LogP contribution in [0.1, 0.15) is 29.9 Å². The van der Waals surface area contributed by atoms with Crippen LogP contribution in [0.3, 0.4) is 0 Å². The summed E-state index contributed by atoms with van der Waals surface area (Å²) >= 11 is 0. The lowest BCUT2D eigenvalue weighted by Crippen LogP contribution is -2.56. The molecular formula is C35H49F3N12O3. The average molecular weight is 743 g/mol. The van der Waals surface area contributed by atoms with Gasteiger partial charge in [0.15, 0.2) is 0 Å². The van der Waals surface area contributed by atoms with Crippen LogP contribution in [0.2, 0.25) is 0 Å². The third-order valence-corrected chi connectivity index (χ3v) is 9.36. The van der Waals surface area contributed by atoms with E-state index >= 15 is 0 Å². The molecule has 0 spiro atoms. The van der Waals surface area contributed by atoms with Crippen molar-refractivity contribution in [2.24, 2.45) is 0 Å². The van der Waals surface area contributed by atoms with Gasteiger partial charge in [-0.1, -0.05) is 0 Å². The Bertz CT molecular complexity index is 1660. The summed E-state index contributed by atoms with van der Waals surface area (Å²) in [6.45, 7) is 7.87. The third kappa shape index (κ3) is 12.7. The van der Waals surface area contributed by atoms with Crippen molar-refractivity contribution in [3.8, 4) is 0 Å². The Labute approximate surface area is 306 Å². The van der Waals surface area contributed by atoms with Crippen molar-refractivity contribution in [1.29, 1.82) is 0 Å². The number of nitrogens with one attached hydrogen (secondary N) is 1. The fraction of sp³-hybridized carbons (Fsp3) is 0.514. The smallest absolute Gasteiger partial charge is 0.407 e. The fourth-order valence-electron chi connectivity index (χ4n) is 6.34. The summed E-state index contributed by atoms with van der Waals surface area (Å²) in [6, 6.07) is 9.98. The van der Waals surface area contributed by atoms with Gasteiger partial charge in [-0.15, -0.1) is 0 Å². The Morgan fingerprint density at radius 2 is 1.30 bits per heavy atom. The fourth-order valence-corrected chi connectivity index (χ4v) is 6.34. The molecule has 0 radical (unpaired) electrons. The number of carbonyl (C=O) groups excluding carboxylic acids is 1. The molecule has 2 amide bonds. The van der Waals surface area contributed by atoms with Crippen LogP contribution in [-0.4, -0.2) is 140 Å². The highest BCUT2D eigenvalue weighted by atomic mass is 19.4. The second-order valence-corrected chi connectivity index (χ2v) is 13.6. The molecule has 6 heterocycles. The molecule has 7 rings (SSSR count). The minimum atomic E-state index is -4.21. The summed E-state index contributed by atoms with van der Waals surface area (Å²) in [4.78, 5) is 44.6. The van der Waals surface area contributed by atoms with Crippen molar-refractivity contribution in [3.63, 3.8) is 0 Å². The van der Waals surface area contributed by atoms with Gasteiger partial charge in [0.2, 0.25) is 5.91 Å². The number of pyridine rings is 3. The van der Waals surface area contributed by atoms with Gasteiger partial charge in [0, 0.05) is 114 Å². The lowest BCUT2D eigenvalue weighted by atomic mass is 10.2. The summed E-state index contributed by atoms with van der Waals surface area (Å²) in [5, 5.41) is 11.3. The molecule has 0 bridgehead atoms. The Hall–Kier alpha value is -4.78. The second kappa shape index (κ2) is 18.3. The number of aromatic nitrogens is 3. The highest BCUT2D eigenvalue weighted by molar-refractivity contribution is 5.83. The molecule has 1 saturated carbocycles. The first-order valence-corrected chi connectivity index (χ1v) is 17.7. The predicted molar refractivity (Wildman–Crippen MR) is 194 cm³/mol. The van der Waals surface area contributed by atoms with Gasteiger partial charge in [-0.25, -0.2) is 4.79 Å². The first kappa shape index (κ1) is 39.4. The van der Waals surface area contributed by atoms with E-state index in [-0.39, 0.29) is 19.0 Å². The highest BCUT2D eigenvalue weighted by Crippen LogP contribution is 2.27. The molecule has 0 aromatic carbocycles. The van der Waals surface area contributed by atoms with Crippen molar-refractivity contribution in [1.82, 2.24) is 44.8 Å². The van der Waals surface area contributed by atoms with Crippen molar-refractivity contribution in [2.75, 3.05) is 82.6 Å². The van der Waals surface area contributed by atoms with E-state index in [1.807, 2.05) is 12.1 Å². The van der Waals surface area contributed by atoms with Gasteiger partial charge in [-0.3, -0.25) is 39.3 Å². The maximum absolute atomic E-state index is 12.6. The normalized spacial score (nSPS) is 20.2. The van der Waals surface area contributed by atoms with E-state index in [1.54, 1.807) is 52.7 Å². The minimum absolute atomic E-state index is 0.0556. The molecule has 3 aliphatic heterocycles. The number of piperazine rings is 3. The molecule has 3 aromatic rings. The van der Waals surface area contributed by atoms with Crippen molar-refractivity contribution in [2.45, 2.75) is 50.7 Å². The van der Waals surface area contributed by atoms with Crippen LogP contribution in [0.25, 0.3) is 0 Å². The maximum Gasteiger partial charge on any atom is 0.407 e. The van der Waals surface area contributed by atoms with E-state index < -0.39 is 18.3 Å². The topological polar surface area (TPSA) is 199 Å². The number of nitrogen functional groups attached to an aromatic ring is 3. The predicted octanol–water partition coefficient (Wildman–Crippen LogP) is 1.93. The summed E-state index contributed by atoms with van der Waals surface area (Å²) in [7, 11) is 0. The second-order valence-electron chi connectivity index (χ2n) is 13.6. The Morgan fingerprint density at radius 1 is 0.774 bits per heavy atom. The Kier molecular flexibility index (Phi) is 13.6. The van der Waals surface area contributed by atoms with E-state index in [2.05, 4.69) is 30.1 Å². The summed E-state index contributed by atoms with van der Waals surface area (Å²) < 4.78 is 37.8. The van der Waals surface area contributed by atoms with Gasteiger partial charge in [0.25, 0.3) is 0 Å². The van der Waals surface area contributed by atoms with Crippen LogP contribution in [0.4, 0.5) is 35.0 Å². The van der Waals surface area contributed by atoms with Gasteiger partial charge in [-0.2, -0.15) is 13.2 Å².